The van der Waals surface area contributed by atoms with E-state index in [1.807, 2.05) is 0 Å². The average molecular weight is 338 g/mol. The minimum absolute atomic E-state index is 0. The fourth-order valence-electron chi connectivity index (χ4n) is 2.66. The Morgan fingerprint density at radius 2 is 0.864 bits per heavy atom. The van der Waals surface area contributed by atoms with Crippen molar-refractivity contribution in [1.82, 2.24) is 6.15 Å². The summed E-state index contributed by atoms with van der Waals surface area (Å²) < 4.78 is 29.6. The second kappa shape index (κ2) is 17.2. The van der Waals surface area contributed by atoms with E-state index in [0.717, 1.165) is 12.8 Å². The largest absolute Gasteiger partial charge is 0.344 e. The van der Waals surface area contributed by atoms with Crippen molar-refractivity contribution in [2.75, 3.05) is 5.75 Å². The van der Waals surface area contributed by atoms with E-state index in [4.69, 9.17) is 4.55 Å². The van der Waals surface area contributed by atoms with Gasteiger partial charge in [-0.1, -0.05) is 96.8 Å². The van der Waals surface area contributed by atoms with E-state index in [9.17, 15) is 8.42 Å². The highest BCUT2D eigenvalue weighted by molar-refractivity contribution is 7.85. The molecular formula is C17H39NO3S. The molecule has 0 atom stereocenters. The lowest BCUT2D eigenvalue weighted by atomic mass is 10.0. The van der Waals surface area contributed by atoms with Gasteiger partial charge in [-0.25, -0.2) is 0 Å². The van der Waals surface area contributed by atoms with Gasteiger partial charge in [-0.2, -0.15) is 8.42 Å². The maximum Gasteiger partial charge on any atom is 0.264 e. The van der Waals surface area contributed by atoms with E-state index in [1.54, 1.807) is 0 Å². The van der Waals surface area contributed by atoms with Gasteiger partial charge in [0.25, 0.3) is 10.1 Å². The van der Waals surface area contributed by atoms with Gasteiger partial charge in [0.1, 0.15) is 0 Å². The molecule has 22 heavy (non-hydrogen) atoms. The zero-order chi connectivity index (χ0) is 15.8. The molecule has 4 nitrogen and oxygen atoms in total. The van der Waals surface area contributed by atoms with E-state index >= 15 is 0 Å². The molecule has 0 aliphatic rings. The molecule has 5 heteroatoms. The standard InChI is InChI=1S/C17H36O3S.H3N/c1-2-3-4-5-6-7-8-9-10-11-12-13-14-15-16-17-21(18,19)20;/h2-17H2,1H3,(H,18,19,20);1H3. The maximum absolute atomic E-state index is 10.5. The molecule has 0 spiro atoms. The molecule has 0 radical (unpaired) electrons. The van der Waals surface area contributed by atoms with Crippen LogP contribution in [-0.4, -0.2) is 18.7 Å². The lowest BCUT2D eigenvalue weighted by molar-refractivity contribution is 0.478. The van der Waals surface area contributed by atoms with Gasteiger partial charge < -0.3 is 6.15 Å². The highest BCUT2D eigenvalue weighted by atomic mass is 32.2. The average Bonchev–Trinajstić information content (AvgIpc) is 2.42. The molecule has 0 bridgehead atoms. The Hall–Kier alpha value is -0.130. The Bertz CT molecular complexity index is 305. The van der Waals surface area contributed by atoms with Crippen LogP contribution >= 0.6 is 0 Å². The highest BCUT2D eigenvalue weighted by Gasteiger charge is 2.02. The van der Waals surface area contributed by atoms with Crippen molar-refractivity contribution in [1.29, 1.82) is 0 Å². The van der Waals surface area contributed by atoms with Crippen LogP contribution in [0.3, 0.4) is 0 Å². The third kappa shape index (κ3) is 22.2. The third-order valence-corrected chi connectivity index (χ3v) is 4.81. The molecule has 0 aliphatic carbocycles. The Labute approximate surface area is 138 Å². The van der Waals surface area contributed by atoms with Crippen LogP contribution in [0.5, 0.6) is 0 Å². The second-order valence-electron chi connectivity index (χ2n) is 6.24. The van der Waals surface area contributed by atoms with Gasteiger partial charge >= 0.3 is 0 Å². The van der Waals surface area contributed by atoms with Crippen LogP contribution in [0, 0.1) is 0 Å². The van der Waals surface area contributed by atoms with Crippen LogP contribution in [-0.2, 0) is 10.1 Å². The fourth-order valence-corrected chi connectivity index (χ4v) is 3.22. The van der Waals surface area contributed by atoms with Crippen molar-refractivity contribution < 1.29 is 13.0 Å². The lowest BCUT2D eigenvalue weighted by Crippen LogP contribution is -2.03. The molecule has 0 saturated heterocycles. The van der Waals surface area contributed by atoms with E-state index in [2.05, 4.69) is 6.92 Å². The first-order valence-electron chi connectivity index (χ1n) is 9.01. The maximum atomic E-state index is 10.5. The molecule has 0 aromatic carbocycles. The minimum atomic E-state index is -3.74. The number of unbranched alkanes of at least 4 members (excludes halogenated alkanes) is 14. The van der Waals surface area contributed by atoms with Crippen molar-refractivity contribution in [2.45, 2.75) is 103 Å². The SMILES string of the molecule is CCCCCCCCCCCCCCCCCS(=O)(=O)O.N. The second-order valence-corrected chi connectivity index (χ2v) is 7.81. The van der Waals surface area contributed by atoms with Gasteiger partial charge in [-0.3, -0.25) is 4.55 Å². The van der Waals surface area contributed by atoms with E-state index in [-0.39, 0.29) is 11.9 Å². The third-order valence-electron chi connectivity index (χ3n) is 4.01. The summed E-state index contributed by atoms with van der Waals surface area (Å²) in [6.07, 6.45) is 18.8. The van der Waals surface area contributed by atoms with Crippen molar-refractivity contribution in [2.24, 2.45) is 0 Å². The molecule has 136 valence electrons. The summed E-state index contributed by atoms with van der Waals surface area (Å²) in [6, 6.07) is 0. The molecule has 0 fully saturated rings. The zero-order valence-corrected chi connectivity index (χ0v) is 15.5. The van der Waals surface area contributed by atoms with Crippen LogP contribution in [0.1, 0.15) is 103 Å². The van der Waals surface area contributed by atoms with Crippen LogP contribution in [0.15, 0.2) is 0 Å². The van der Waals surface area contributed by atoms with Gasteiger partial charge in [-0.15, -0.1) is 0 Å². The number of hydrogen-bond donors (Lipinski definition) is 2. The monoisotopic (exact) mass is 337 g/mol. The molecule has 0 aromatic heterocycles. The van der Waals surface area contributed by atoms with Gasteiger partial charge in [0.2, 0.25) is 0 Å². The van der Waals surface area contributed by atoms with Gasteiger partial charge in [-0.05, 0) is 6.42 Å². The number of rotatable bonds is 16. The topological polar surface area (TPSA) is 89.4 Å². The van der Waals surface area contributed by atoms with Crippen LogP contribution in [0.4, 0.5) is 0 Å². The molecular weight excluding hydrogens is 298 g/mol. The van der Waals surface area contributed by atoms with Gasteiger partial charge in [0.15, 0.2) is 0 Å². The Morgan fingerprint density at radius 3 is 1.14 bits per heavy atom. The first-order valence-corrected chi connectivity index (χ1v) is 10.6. The fraction of sp³-hybridized carbons (Fsp3) is 1.00. The van der Waals surface area contributed by atoms with E-state index in [1.165, 1.54) is 77.0 Å². The van der Waals surface area contributed by atoms with Crippen molar-refractivity contribution in [3.8, 4) is 0 Å². The molecule has 0 unspecified atom stereocenters. The number of hydrogen-bond acceptors (Lipinski definition) is 3. The Balaban J connectivity index is 0. The predicted molar refractivity (Wildman–Crippen MR) is 96.4 cm³/mol. The highest BCUT2D eigenvalue weighted by Crippen LogP contribution is 2.13. The van der Waals surface area contributed by atoms with E-state index in [0.29, 0.717) is 6.42 Å². The first kappa shape index (κ1) is 24.1. The van der Waals surface area contributed by atoms with E-state index < -0.39 is 10.1 Å². The summed E-state index contributed by atoms with van der Waals surface area (Å²) in [5.74, 6) is -0.0781. The lowest BCUT2D eigenvalue weighted by Gasteiger charge is -2.03. The molecule has 0 rings (SSSR count). The van der Waals surface area contributed by atoms with Gasteiger partial charge in [0, 0.05) is 0 Å². The summed E-state index contributed by atoms with van der Waals surface area (Å²) in [6.45, 7) is 2.26. The first-order chi connectivity index (χ1) is 10.1. The molecule has 0 amide bonds. The van der Waals surface area contributed by atoms with Crippen LogP contribution in [0.25, 0.3) is 0 Å². The molecule has 0 saturated carbocycles. The predicted octanol–water partition coefficient (Wildman–Crippen LogP) is 5.91. The summed E-state index contributed by atoms with van der Waals surface area (Å²) >= 11 is 0. The van der Waals surface area contributed by atoms with Crippen LogP contribution < -0.4 is 6.15 Å². The Kier molecular flexibility index (Phi) is 18.9. The van der Waals surface area contributed by atoms with Crippen molar-refractivity contribution >= 4 is 10.1 Å². The Morgan fingerprint density at radius 1 is 0.591 bits per heavy atom. The normalized spacial score (nSPS) is 11.4. The smallest absolute Gasteiger partial charge is 0.264 e. The zero-order valence-electron chi connectivity index (χ0n) is 14.7. The van der Waals surface area contributed by atoms with Crippen molar-refractivity contribution in [3.63, 3.8) is 0 Å². The van der Waals surface area contributed by atoms with Crippen LogP contribution in [0.2, 0.25) is 0 Å². The summed E-state index contributed by atoms with van der Waals surface area (Å²) in [7, 11) is -3.74. The van der Waals surface area contributed by atoms with Crippen molar-refractivity contribution in [3.05, 3.63) is 0 Å². The molecule has 0 aromatic rings. The summed E-state index contributed by atoms with van der Waals surface area (Å²) in [5.41, 5.74) is 0. The molecule has 0 heterocycles. The summed E-state index contributed by atoms with van der Waals surface area (Å²) in [4.78, 5) is 0. The molecule has 4 N–H and O–H groups in total. The quantitative estimate of drug-likeness (QED) is 0.271. The summed E-state index contributed by atoms with van der Waals surface area (Å²) in [5, 5.41) is 0. The van der Waals surface area contributed by atoms with Gasteiger partial charge in [0.05, 0.1) is 5.75 Å². The minimum Gasteiger partial charge on any atom is -0.344 e. The molecule has 0 aliphatic heterocycles.